The second-order valence-electron chi connectivity index (χ2n) is 4.66. The molecule has 2 aromatic rings. The number of benzene rings is 2. The van der Waals surface area contributed by atoms with Crippen LogP contribution in [0.4, 0.5) is 4.39 Å². The highest BCUT2D eigenvalue weighted by atomic mass is 19.1. The largest absolute Gasteiger partial charge is 0.504 e. The van der Waals surface area contributed by atoms with Gasteiger partial charge in [0.25, 0.3) is 0 Å². The number of methoxy groups -OCH3 is 1. The van der Waals surface area contributed by atoms with Crippen molar-refractivity contribution in [3.05, 3.63) is 59.4 Å². The molecular formula is C16H18FNO2. The Morgan fingerprint density at radius 3 is 2.70 bits per heavy atom. The van der Waals surface area contributed by atoms with E-state index >= 15 is 0 Å². The third-order valence-electron chi connectivity index (χ3n) is 3.20. The third kappa shape index (κ3) is 3.48. The van der Waals surface area contributed by atoms with Crippen molar-refractivity contribution < 1.29 is 14.2 Å². The molecule has 0 radical (unpaired) electrons. The molecule has 4 heteroatoms. The minimum atomic E-state index is -0.238. The third-order valence-corrected chi connectivity index (χ3v) is 3.20. The summed E-state index contributed by atoms with van der Waals surface area (Å²) in [5.41, 5.74) is 1.83. The first kappa shape index (κ1) is 14.3. The van der Waals surface area contributed by atoms with Gasteiger partial charge in [-0.25, -0.2) is 4.39 Å². The zero-order valence-electron chi connectivity index (χ0n) is 11.6. The molecule has 0 aromatic heterocycles. The van der Waals surface area contributed by atoms with Crippen LogP contribution in [0, 0.1) is 5.82 Å². The highest BCUT2D eigenvalue weighted by Gasteiger charge is 2.07. The summed E-state index contributed by atoms with van der Waals surface area (Å²) in [6, 6.07) is 11.8. The van der Waals surface area contributed by atoms with Crippen LogP contribution in [0.25, 0.3) is 0 Å². The molecule has 0 aliphatic heterocycles. The van der Waals surface area contributed by atoms with Crippen LogP contribution in [-0.4, -0.2) is 12.2 Å². The molecule has 0 fully saturated rings. The Morgan fingerprint density at radius 2 is 2.05 bits per heavy atom. The van der Waals surface area contributed by atoms with Gasteiger partial charge in [-0.15, -0.1) is 0 Å². The summed E-state index contributed by atoms with van der Waals surface area (Å²) in [5.74, 6) is 0.329. The fourth-order valence-electron chi connectivity index (χ4n) is 2.01. The van der Waals surface area contributed by atoms with E-state index in [1.54, 1.807) is 18.2 Å². The summed E-state index contributed by atoms with van der Waals surface area (Å²) in [5, 5.41) is 13.0. The molecule has 0 aliphatic rings. The standard InChI is InChI=1S/C16H18FNO2/c1-11(13-4-3-5-14(17)9-13)18-10-12-6-7-16(20-2)15(19)8-12/h3-9,11,18-19H,10H2,1-2H3/t11-/m1/s1. The van der Waals surface area contributed by atoms with Crippen molar-refractivity contribution in [1.29, 1.82) is 0 Å². The monoisotopic (exact) mass is 275 g/mol. The molecule has 1 atom stereocenters. The molecule has 106 valence electrons. The van der Waals surface area contributed by atoms with Gasteiger partial charge in [0.1, 0.15) is 5.82 Å². The zero-order valence-corrected chi connectivity index (χ0v) is 11.6. The zero-order chi connectivity index (χ0) is 14.5. The summed E-state index contributed by atoms with van der Waals surface area (Å²) < 4.78 is 18.1. The van der Waals surface area contributed by atoms with Gasteiger partial charge in [0, 0.05) is 12.6 Å². The van der Waals surface area contributed by atoms with Crippen LogP contribution in [0.15, 0.2) is 42.5 Å². The SMILES string of the molecule is COc1ccc(CN[C@H](C)c2cccc(F)c2)cc1O. The number of phenolic OH excluding ortho intramolecular Hbond substituents is 1. The van der Waals surface area contributed by atoms with Crippen molar-refractivity contribution >= 4 is 0 Å². The van der Waals surface area contributed by atoms with Gasteiger partial charge in [0.05, 0.1) is 7.11 Å². The number of hydrogen-bond acceptors (Lipinski definition) is 3. The molecule has 20 heavy (non-hydrogen) atoms. The van der Waals surface area contributed by atoms with Crippen molar-refractivity contribution in [3.8, 4) is 11.5 Å². The summed E-state index contributed by atoms with van der Waals surface area (Å²) >= 11 is 0. The van der Waals surface area contributed by atoms with Crippen LogP contribution < -0.4 is 10.1 Å². The molecule has 0 aliphatic carbocycles. The lowest BCUT2D eigenvalue weighted by atomic mass is 10.1. The van der Waals surface area contributed by atoms with Crippen LogP contribution in [0.1, 0.15) is 24.1 Å². The van der Waals surface area contributed by atoms with E-state index in [9.17, 15) is 9.50 Å². The van der Waals surface area contributed by atoms with Gasteiger partial charge in [-0.05, 0) is 42.3 Å². The first-order valence-corrected chi connectivity index (χ1v) is 6.45. The lowest BCUT2D eigenvalue weighted by molar-refractivity contribution is 0.373. The fraction of sp³-hybridized carbons (Fsp3) is 0.250. The van der Waals surface area contributed by atoms with Gasteiger partial charge < -0.3 is 15.2 Å². The first-order valence-electron chi connectivity index (χ1n) is 6.45. The van der Waals surface area contributed by atoms with Crippen molar-refractivity contribution in [1.82, 2.24) is 5.32 Å². The average Bonchev–Trinajstić information content (AvgIpc) is 2.45. The van der Waals surface area contributed by atoms with Gasteiger partial charge in [-0.1, -0.05) is 18.2 Å². The van der Waals surface area contributed by atoms with E-state index in [-0.39, 0.29) is 17.6 Å². The quantitative estimate of drug-likeness (QED) is 0.879. The maximum Gasteiger partial charge on any atom is 0.160 e. The van der Waals surface area contributed by atoms with Crippen LogP contribution >= 0.6 is 0 Å². The molecule has 0 heterocycles. The number of rotatable bonds is 5. The van der Waals surface area contributed by atoms with E-state index in [2.05, 4.69) is 5.32 Å². The smallest absolute Gasteiger partial charge is 0.160 e. The van der Waals surface area contributed by atoms with Gasteiger partial charge in [0.15, 0.2) is 11.5 Å². The number of halogens is 1. The maximum absolute atomic E-state index is 13.2. The van der Waals surface area contributed by atoms with Gasteiger partial charge in [0.2, 0.25) is 0 Å². The molecule has 3 nitrogen and oxygen atoms in total. The number of hydrogen-bond donors (Lipinski definition) is 2. The topological polar surface area (TPSA) is 41.5 Å². The predicted octanol–water partition coefficient (Wildman–Crippen LogP) is 3.39. The van der Waals surface area contributed by atoms with Crippen LogP contribution in [0.3, 0.4) is 0 Å². The van der Waals surface area contributed by atoms with Crippen LogP contribution in [0.2, 0.25) is 0 Å². The van der Waals surface area contributed by atoms with E-state index in [0.29, 0.717) is 12.3 Å². The number of ether oxygens (including phenoxy) is 1. The molecule has 0 amide bonds. The molecule has 2 rings (SSSR count). The predicted molar refractivity (Wildman–Crippen MR) is 76.3 cm³/mol. The van der Waals surface area contributed by atoms with Gasteiger partial charge >= 0.3 is 0 Å². The molecule has 0 saturated heterocycles. The highest BCUT2D eigenvalue weighted by molar-refractivity contribution is 5.41. The van der Waals surface area contributed by atoms with Crippen molar-refractivity contribution in [2.45, 2.75) is 19.5 Å². The van der Waals surface area contributed by atoms with Crippen molar-refractivity contribution in [3.63, 3.8) is 0 Å². The molecule has 0 bridgehead atoms. The van der Waals surface area contributed by atoms with Crippen molar-refractivity contribution in [2.75, 3.05) is 7.11 Å². The second-order valence-corrected chi connectivity index (χ2v) is 4.66. The lowest BCUT2D eigenvalue weighted by Crippen LogP contribution is -2.18. The van der Waals surface area contributed by atoms with Crippen molar-refractivity contribution in [2.24, 2.45) is 0 Å². The molecule has 0 spiro atoms. The Kier molecular flexibility index (Phi) is 4.58. The van der Waals surface area contributed by atoms with E-state index < -0.39 is 0 Å². The molecule has 0 unspecified atom stereocenters. The second kappa shape index (κ2) is 6.39. The summed E-state index contributed by atoms with van der Waals surface area (Å²) in [6.45, 7) is 2.55. The number of nitrogens with one attached hydrogen (secondary N) is 1. The Balaban J connectivity index is 1.99. The number of phenols is 1. The van der Waals surface area contributed by atoms with Gasteiger partial charge in [-0.3, -0.25) is 0 Å². The highest BCUT2D eigenvalue weighted by Crippen LogP contribution is 2.26. The average molecular weight is 275 g/mol. The fourth-order valence-corrected chi connectivity index (χ4v) is 2.01. The summed E-state index contributed by atoms with van der Waals surface area (Å²) in [7, 11) is 1.51. The van der Waals surface area contributed by atoms with E-state index in [0.717, 1.165) is 11.1 Å². The Morgan fingerprint density at radius 1 is 1.25 bits per heavy atom. The lowest BCUT2D eigenvalue weighted by Gasteiger charge is -2.15. The Bertz CT molecular complexity index is 586. The Labute approximate surface area is 118 Å². The summed E-state index contributed by atoms with van der Waals surface area (Å²) in [6.07, 6.45) is 0. The van der Waals surface area contributed by atoms with E-state index in [1.165, 1.54) is 19.2 Å². The molecule has 0 saturated carbocycles. The Hall–Kier alpha value is -2.07. The van der Waals surface area contributed by atoms with Crippen LogP contribution in [0.5, 0.6) is 11.5 Å². The van der Waals surface area contributed by atoms with E-state index in [4.69, 9.17) is 4.74 Å². The number of aromatic hydroxyl groups is 1. The summed E-state index contributed by atoms with van der Waals surface area (Å²) in [4.78, 5) is 0. The van der Waals surface area contributed by atoms with Gasteiger partial charge in [-0.2, -0.15) is 0 Å². The first-order chi connectivity index (χ1) is 9.60. The van der Waals surface area contributed by atoms with Crippen LogP contribution in [-0.2, 0) is 6.54 Å². The molecular weight excluding hydrogens is 257 g/mol. The normalized spacial score (nSPS) is 12.2. The maximum atomic E-state index is 13.2. The minimum absolute atomic E-state index is 0.0231. The molecule has 2 N–H and O–H groups in total. The molecule has 2 aromatic carbocycles. The van der Waals surface area contributed by atoms with E-state index in [1.807, 2.05) is 19.1 Å². The minimum Gasteiger partial charge on any atom is -0.504 e.